The summed E-state index contributed by atoms with van der Waals surface area (Å²) in [6.07, 6.45) is -0.652. The molecule has 150 valence electrons. The van der Waals surface area contributed by atoms with Gasteiger partial charge in [0.15, 0.2) is 5.78 Å². The quantitative estimate of drug-likeness (QED) is 0.696. The predicted molar refractivity (Wildman–Crippen MR) is 103 cm³/mol. The van der Waals surface area contributed by atoms with Gasteiger partial charge in [0, 0.05) is 6.42 Å². The Morgan fingerprint density at radius 1 is 1.04 bits per heavy atom. The van der Waals surface area contributed by atoms with Crippen LogP contribution in [0.1, 0.15) is 53.5 Å². The molecule has 1 amide bonds. The molecule has 27 heavy (non-hydrogen) atoms. The van der Waals surface area contributed by atoms with Crippen molar-refractivity contribution in [3.63, 3.8) is 0 Å². The van der Waals surface area contributed by atoms with E-state index in [4.69, 9.17) is 9.47 Å². The van der Waals surface area contributed by atoms with Crippen LogP contribution in [0.25, 0.3) is 0 Å². The lowest BCUT2D eigenvalue weighted by atomic mass is 9.93. The molecule has 2 atom stereocenters. The van der Waals surface area contributed by atoms with Crippen molar-refractivity contribution in [2.24, 2.45) is 11.8 Å². The highest BCUT2D eigenvalue weighted by Crippen LogP contribution is 2.14. The first kappa shape index (κ1) is 22.7. The van der Waals surface area contributed by atoms with Crippen LogP contribution in [0.15, 0.2) is 30.3 Å². The minimum absolute atomic E-state index is 0.00767. The van der Waals surface area contributed by atoms with Crippen LogP contribution < -0.4 is 5.32 Å². The predicted octanol–water partition coefficient (Wildman–Crippen LogP) is 3.87. The van der Waals surface area contributed by atoms with Crippen LogP contribution in [0, 0.1) is 11.8 Å². The lowest BCUT2D eigenvalue weighted by molar-refractivity contribution is -0.151. The van der Waals surface area contributed by atoms with Crippen molar-refractivity contribution >= 4 is 17.8 Å². The summed E-state index contributed by atoms with van der Waals surface area (Å²) in [5.41, 5.74) is 0.236. The van der Waals surface area contributed by atoms with E-state index >= 15 is 0 Å². The van der Waals surface area contributed by atoms with Crippen LogP contribution in [0.4, 0.5) is 4.79 Å². The first-order valence-electron chi connectivity index (χ1n) is 9.22. The number of ether oxygens (including phenoxy) is 2. The van der Waals surface area contributed by atoms with E-state index < -0.39 is 29.6 Å². The zero-order valence-electron chi connectivity index (χ0n) is 17.1. The Balaban J connectivity index is 2.58. The van der Waals surface area contributed by atoms with Crippen LogP contribution >= 0.6 is 0 Å². The average molecular weight is 377 g/mol. The molecule has 0 unspecified atom stereocenters. The minimum atomic E-state index is -0.718. The van der Waals surface area contributed by atoms with Crippen molar-refractivity contribution in [2.75, 3.05) is 0 Å². The summed E-state index contributed by atoms with van der Waals surface area (Å²) in [7, 11) is 0. The molecule has 1 aromatic rings. The lowest BCUT2D eigenvalue weighted by Gasteiger charge is -2.25. The van der Waals surface area contributed by atoms with E-state index in [0.29, 0.717) is 0 Å². The molecule has 0 radical (unpaired) electrons. The fraction of sp³-hybridized carbons (Fsp3) is 0.571. The van der Waals surface area contributed by atoms with E-state index in [1.807, 2.05) is 44.2 Å². The Bertz CT molecular complexity index is 634. The minimum Gasteiger partial charge on any atom is -0.461 e. The zero-order valence-corrected chi connectivity index (χ0v) is 17.1. The first-order chi connectivity index (χ1) is 12.5. The van der Waals surface area contributed by atoms with Crippen LogP contribution in [0.2, 0.25) is 0 Å². The van der Waals surface area contributed by atoms with E-state index in [-0.39, 0.29) is 24.7 Å². The lowest BCUT2D eigenvalue weighted by Crippen LogP contribution is -2.47. The molecule has 0 heterocycles. The normalized spacial score (nSPS) is 13.6. The Labute approximate surface area is 161 Å². The number of carbonyl (C=O) groups is 3. The Morgan fingerprint density at radius 2 is 1.63 bits per heavy atom. The molecule has 0 saturated heterocycles. The number of amides is 1. The summed E-state index contributed by atoms with van der Waals surface area (Å²) in [5, 5.41) is 2.61. The Morgan fingerprint density at radius 3 is 2.15 bits per heavy atom. The van der Waals surface area contributed by atoms with Gasteiger partial charge in [-0.2, -0.15) is 0 Å². The Hall–Kier alpha value is -2.37. The van der Waals surface area contributed by atoms with Gasteiger partial charge in [-0.25, -0.2) is 4.79 Å². The van der Waals surface area contributed by atoms with Gasteiger partial charge in [-0.15, -0.1) is 0 Å². The number of Topliss-reactive ketones (excluding diaryl/α,β-unsaturated/α-hetero) is 1. The van der Waals surface area contributed by atoms with Gasteiger partial charge < -0.3 is 14.8 Å². The second-order valence-corrected chi connectivity index (χ2v) is 8.03. The van der Waals surface area contributed by atoms with Crippen LogP contribution in [-0.4, -0.2) is 29.5 Å². The number of benzene rings is 1. The number of esters is 1. The van der Waals surface area contributed by atoms with Crippen LogP contribution in [0.5, 0.6) is 0 Å². The highest BCUT2D eigenvalue weighted by atomic mass is 16.6. The molecule has 1 rings (SSSR count). The third kappa shape index (κ3) is 8.71. The van der Waals surface area contributed by atoms with Gasteiger partial charge in [-0.05, 0) is 32.3 Å². The molecule has 1 aromatic carbocycles. The summed E-state index contributed by atoms with van der Waals surface area (Å²) in [6.45, 7) is 10.7. The molecular weight excluding hydrogens is 346 g/mol. The van der Waals surface area contributed by atoms with Crippen molar-refractivity contribution in [3.05, 3.63) is 35.9 Å². The monoisotopic (exact) mass is 377 g/mol. The van der Waals surface area contributed by atoms with Gasteiger partial charge in [0.05, 0.1) is 12.0 Å². The highest BCUT2D eigenvalue weighted by Gasteiger charge is 2.29. The number of rotatable bonds is 8. The summed E-state index contributed by atoms with van der Waals surface area (Å²) in [5.74, 6) is -1.38. The third-order valence-corrected chi connectivity index (χ3v) is 3.82. The van der Waals surface area contributed by atoms with Crippen molar-refractivity contribution in [2.45, 2.75) is 66.2 Å². The molecular formula is C21H31NO5. The fourth-order valence-electron chi connectivity index (χ4n) is 2.44. The Kier molecular flexibility index (Phi) is 8.47. The second kappa shape index (κ2) is 10.1. The van der Waals surface area contributed by atoms with E-state index in [1.54, 1.807) is 27.7 Å². The van der Waals surface area contributed by atoms with Gasteiger partial charge in [0.2, 0.25) is 0 Å². The largest absolute Gasteiger partial charge is 0.461 e. The molecule has 0 bridgehead atoms. The maximum atomic E-state index is 12.6. The molecule has 0 saturated carbocycles. The molecule has 6 nitrogen and oxygen atoms in total. The SMILES string of the molecule is CC(C)[C@H](NC(=O)OC(C)(C)C)C(=O)C[C@@H](C)C(=O)OCc1ccccc1. The smallest absolute Gasteiger partial charge is 0.408 e. The number of hydrogen-bond donors (Lipinski definition) is 1. The first-order valence-corrected chi connectivity index (χ1v) is 9.22. The van der Waals surface area contributed by atoms with Gasteiger partial charge >= 0.3 is 12.1 Å². The standard InChI is InChI=1S/C21H31NO5/c1-14(2)18(22-20(25)27-21(4,5)6)17(23)12-15(3)19(24)26-13-16-10-8-7-9-11-16/h7-11,14-15,18H,12-13H2,1-6H3,(H,22,25)/t15-,18+/m1/s1. The summed E-state index contributed by atoms with van der Waals surface area (Å²) >= 11 is 0. The zero-order chi connectivity index (χ0) is 20.6. The molecule has 6 heteroatoms. The van der Waals surface area contributed by atoms with Crippen LogP contribution in [-0.2, 0) is 25.7 Å². The fourth-order valence-corrected chi connectivity index (χ4v) is 2.44. The van der Waals surface area contributed by atoms with E-state index in [9.17, 15) is 14.4 Å². The topological polar surface area (TPSA) is 81.7 Å². The molecule has 0 aliphatic carbocycles. The molecule has 0 fully saturated rings. The summed E-state index contributed by atoms with van der Waals surface area (Å²) in [4.78, 5) is 36.7. The highest BCUT2D eigenvalue weighted by molar-refractivity contribution is 5.90. The number of hydrogen-bond acceptors (Lipinski definition) is 5. The second-order valence-electron chi connectivity index (χ2n) is 8.03. The summed E-state index contributed by atoms with van der Waals surface area (Å²) in [6, 6.07) is 8.63. The van der Waals surface area contributed by atoms with E-state index in [0.717, 1.165) is 5.56 Å². The molecule has 0 spiro atoms. The van der Waals surface area contributed by atoms with Crippen molar-refractivity contribution in [1.82, 2.24) is 5.32 Å². The number of alkyl carbamates (subject to hydrolysis) is 1. The number of carbonyl (C=O) groups excluding carboxylic acids is 3. The maximum Gasteiger partial charge on any atom is 0.408 e. The van der Waals surface area contributed by atoms with Gasteiger partial charge in [0.25, 0.3) is 0 Å². The third-order valence-electron chi connectivity index (χ3n) is 3.82. The summed E-state index contributed by atoms with van der Waals surface area (Å²) < 4.78 is 10.5. The molecule has 0 aromatic heterocycles. The van der Waals surface area contributed by atoms with E-state index in [1.165, 1.54) is 0 Å². The van der Waals surface area contributed by atoms with Gasteiger partial charge in [-0.1, -0.05) is 51.1 Å². The van der Waals surface area contributed by atoms with Crippen LogP contribution in [0.3, 0.4) is 0 Å². The maximum absolute atomic E-state index is 12.6. The van der Waals surface area contributed by atoms with Gasteiger partial charge in [-0.3, -0.25) is 9.59 Å². The van der Waals surface area contributed by atoms with E-state index in [2.05, 4.69) is 5.32 Å². The molecule has 1 N–H and O–H groups in total. The average Bonchev–Trinajstić information content (AvgIpc) is 2.56. The number of nitrogens with one attached hydrogen (secondary N) is 1. The van der Waals surface area contributed by atoms with Gasteiger partial charge in [0.1, 0.15) is 12.2 Å². The molecule has 0 aliphatic heterocycles. The van der Waals surface area contributed by atoms with Crippen molar-refractivity contribution in [3.8, 4) is 0 Å². The number of ketones is 1. The molecule has 0 aliphatic rings. The van der Waals surface area contributed by atoms with Crippen molar-refractivity contribution < 1.29 is 23.9 Å². The van der Waals surface area contributed by atoms with Crippen molar-refractivity contribution in [1.29, 1.82) is 0 Å².